The molecule has 26 heavy (non-hydrogen) atoms. The number of nitrogens with zero attached hydrogens (tertiary/aromatic N) is 2. The molecule has 0 aromatic heterocycles. The van der Waals surface area contributed by atoms with Gasteiger partial charge in [0.2, 0.25) is 21.8 Å². The molecule has 2 amide bonds. The summed E-state index contributed by atoms with van der Waals surface area (Å²) in [5, 5.41) is 2.89. The van der Waals surface area contributed by atoms with E-state index in [1.807, 2.05) is 0 Å². The van der Waals surface area contributed by atoms with Gasteiger partial charge in [-0.1, -0.05) is 0 Å². The zero-order chi connectivity index (χ0) is 18.3. The summed E-state index contributed by atoms with van der Waals surface area (Å²) < 4.78 is 27.0. The Balaban J connectivity index is 1.58. The molecule has 0 atom stereocenters. The van der Waals surface area contributed by atoms with Crippen molar-refractivity contribution >= 4 is 27.5 Å². The topological polar surface area (TPSA) is 86.8 Å². The van der Waals surface area contributed by atoms with Crippen LogP contribution < -0.4 is 10.2 Å². The third-order valence-corrected chi connectivity index (χ3v) is 7.09. The van der Waals surface area contributed by atoms with Crippen molar-refractivity contribution in [2.45, 2.75) is 49.5 Å². The van der Waals surface area contributed by atoms with Crippen LogP contribution in [0.2, 0.25) is 0 Å². The van der Waals surface area contributed by atoms with E-state index in [0.717, 1.165) is 31.2 Å². The highest BCUT2D eigenvalue weighted by atomic mass is 32.2. The van der Waals surface area contributed by atoms with Gasteiger partial charge in [-0.25, -0.2) is 8.42 Å². The summed E-state index contributed by atoms with van der Waals surface area (Å²) in [7, 11) is -3.48. The van der Waals surface area contributed by atoms with Crippen LogP contribution in [0.5, 0.6) is 0 Å². The minimum Gasteiger partial charge on any atom is -0.352 e. The fourth-order valence-corrected chi connectivity index (χ4v) is 5.16. The van der Waals surface area contributed by atoms with Gasteiger partial charge in [-0.2, -0.15) is 4.31 Å². The van der Waals surface area contributed by atoms with E-state index in [0.29, 0.717) is 25.2 Å². The number of sulfonamides is 1. The van der Waals surface area contributed by atoms with E-state index in [1.165, 1.54) is 9.21 Å². The Kier molecular flexibility index (Phi) is 4.48. The number of nitrogens with one attached hydrogen (secondary N) is 1. The number of aryl methyl sites for hydroxylation is 1. The Bertz CT molecular complexity index is 842. The highest BCUT2D eigenvalue weighted by molar-refractivity contribution is 7.89. The van der Waals surface area contributed by atoms with Crippen molar-refractivity contribution in [2.75, 3.05) is 24.5 Å². The molecule has 1 aromatic carbocycles. The summed E-state index contributed by atoms with van der Waals surface area (Å²) in [6.45, 7) is 1.11. The van der Waals surface area contributed by atoms with Gasteiger partial charge in [0.25, 0.3) is 0 Å². The first-order valence-corrected chi connectivity index (χ1v) is 10.6. The Labute approximate surface area is 153 Å². The quantitative estimate of drug-likeness (QED) is 0.830. The number of hydrogen-bond acceptors (Lipinski definition) is 4. The van der Waals surface area contributed by atoms with Crippen molar-refractivity contribution in [3.63, 3.8) is 0 Å². The average molecular weight is 377 g/mol. The maximum atomic E-state index is 12.8. The zero-order valence-electron chi connectivity index (χ0n) is 14.6. The summed E-state index contributed by atoms with van der Waals surface area (Å²) in [6, 6.07) is 5.13. The molecule has 0 bridgehead atoms. The lowest BCUT2D eigenvalue weighted by Crippen LogP contribution is -2.43. The van der Waals surface area contributed by atoms with Crippen molar-refractivity contribution in [2.24, 2.45) is 0 Å². The van der Waals surface area contributed by atoms with Crippen LogP contribution in [0.3, 0.4) is 0 Å². The maximum Gasteiger partial charge on any atom is 0.243 e. The predicted molar refractivity (Wildman–Crippen MR) is 96.3 cm³/mol. The highest BCUT2D eigenvalue weighted by Crippen LogP contribution is 2.31. The van der Waals surface area contributed by atoms with Crippen LogP contribution in [0.15, 0.2) is 23.1 Å². The van der Waals surface area contributed by atoms with Crippen molar-refractivity contribution in [1.82, 2.24) is 9.62 Å². The summed E-state index contributed by atoms with van der Waals surface area (Å²) in [5.41, 5.74) is 1.46. The molecule has 1 saturated carbocycles. The molecule has 0 spiro atoms. The number of fused-ring (bicyclic) bond motifs is 1. The number of carbonyl (C=O) groups excluding carboxylic acids is 2. The summed E-state index contributed by atoms with van der Waals surface area (Å²) in [6.07, 6.45) is 4.56. The molecule has 1 saturated heterocycles. The van der Waals surface area contributed by atoms with E-state index in [2.05, 4.69) is 5.32 Å². The molecule has 140 valence electrons. The number of anilines is 1. The Morgan fingerprint density at radius 3 is 2.58 bits per heavy atom. The standard InChI is InChI=1S/C18H23N3O4S/c22-17(19-14-4-5-14)12-21-16-7-6-15(11-13(16)3-8-18(21)23)26(24,25)20-9-1-2-10-20/h6-7,11,14H,1-5,8-10,12H2,(H,19,22). The Morgan fingerprint density at radius 2 is 1.88 bits per heavy atom. The van der Waals surface area contributed by atoms with Gasteiger partial charge in [0.1, 0.15) is 6.54 Å². The van der Waals surface area contributed by atoms with E-state index in [-0.39, 0.29) is 35.7 Å². The van der Waals surface area contributed by atoms with E-state index in [9.17, 15) is 18.0 Å². The molecule has 2 aliphatic heterocycles. The van der Waals surface area contributed by atoms with Gasteiger partial charge in [0.15, 0.2) is 0 Å². The summed E-state index contributed by atoms with van der Waals surface area (Å²) >= 11 is 0. The van der Waals surface area contributed by atoms with Crippen LogP contribution >= 0.6 is 0 Å². The SMILES string of the molecule is O=C(CN1C(=O)CCc2cc(S(=O)(=O)N3CCCC3)ccc21)NC1CC1. The smallest absolute Gasteiger partial charge is 0.243 e. The number of benzene rings is 1. The van der Waals surface area contributed by atoms with Crippen LogP contribution in [0, 0.1) is 0 Å². The van der Waals surface area contributed by atoms with Gasteiger partial charge in [-0.15, -0.1) is 0 Å². The normalized spacial score (nSPS) is 20.9. The lowest BCUT2D eigenvalue weighted by molar-refractivity contribution is -0.124. The number of carbonyl (C=O) groups is 2. The Morgan fingerprint density at radius 1 is 1.15 bits per heavy atom. The van der Waals surface area contributed by atoms with Crippen LogP contribution in [-0.2, 0) is 26.0 Å². The summed E-state index contributed by atoms with van der Waals surface area (Å²) in [4.78, 5) is 26.2. The van der Waals surface area contributed by atoms with Crippen molar-refractivity contribution in [1.29, 1.82) is 0 Å². The first kappa shape index (κ1) is 17.5. The maximum absolute atomic E-state index is 12.8. The third-order valence-electron chi connectivity index (χ3n) is 5.20. The van der Waals surface area contributed by atoms with E-state index in [4.69, 9.17) is 0 Å². The molecule has 8 heteroatoms. The van der Waals surface area contributed by atoms with Gasteiger partial charge >= 0.3 is 0 Å². The molecule has 0 radical (unpaired) electrons. The minimum atomic E-state index is -3.48. The fraction of sp³-hybridized carbons (Fsp3) is 0.556. The molecule has 0 unspecified atom stereocenters. The van der Waals surface area contributed by atoms with Crippen LogP contribution in [-0.4, -0.2) is 50.2 Å². The van der Waals surface area contributed by atoms with Gasteiger partial charge in [0, 0.05) is 31.2 Å². The first-order chi connectivity index (χ1) is 12.4. The average Bonchev–Trinajstić information content (AvgIpc) is 3.24. The Hall–Kier alpha value is -1.93. The molecule has 1 aliphatic carbocycles. The second-order valence-corrected chi connectivity index (χ2v) is 9.16. The van der Waals surface area contributed by atoms with Crippen molar-refractivity contribution in [3.8, 4) is 0 Å². The minimum absolute atomic E-state index is 0.0133. The van der Waals surface area contributed by atoms with E-state index in [1.54, 1.807) is 18.2 Å². The van der Waals surface area contributed by atoms with Crippen molar-refractivity contribution < 1.29 is 18.0 Å². The predicted octanol–water partition coefficient (Wildman–Crippen LogP) is 1.03. The van der Waals surface area contributed by atoms with Crippen LogP contribution in [0.1, 0.15) is 37.7 Å². The molecule has 1 aromatic rings. The number of amides is 2. The van der Waals surface area contributed by atoms with Crippen molar-refractivity contribution in [3.05, 3.63) is 23.8 Å². The monoisotopic (exact) mass is 377 g/mol. The van der Waals surface area contributed by atoms with E-state index < -0.39 is 10.0 Å². The molecule has 4 rings (SSSR count). The lowest BCUT2D eigenvalue weighted by atomic mass is 10.0. The highest BCUT2D eigenvalue weighted by Gasteiger charge is 2.32. The number of rotatable bonds is 5. The third kappa shape index (κ3) is 3.35. The molecule has 7 nitrogen and oxygen atoms in total. The molecule has 2 heterocycles. The second-order valence-electron chi connectivity index (χ2n) is 7.22. The van der Waals surface area contributed by atoms with E-state index >= 15 is 0 Å². The lowest BCUT2D eigenvalue weighted by Gasteiger charge is -2.29. The largest absolute Gasteiger partial charge is 0.352 e. The fourth-order valence-electron chi connectivity index (χ4n) is 3.59. The van der Waals surface area contributed by atoms with Gasteiger partial charge in [0.05, 0.1) is 4.90 Å². The second kappa shape index (κ2) is 6.66. The first-order valence-electron chi connectivity index (χ1n) is 9.18. The molecular formula is C18H23N3O4S. The molecule has 1 N–H and O–H groups in total. The summed E-state index contributed by atoms with van der Waals surface area (Å²) in [5.74, 6) is -0.263. The molecular weight excluding hydrogens is 354 g/mol. The molecule has 3 aliphatic rings. The van der Waals surface area contributed by atoms with Gasteiger partial charge in [-0.3, -0.25) is 9.59 Å². The van der Waals surface area contributed by atoms with Crippen LogP contribution in [0.25, 0.3) is 0 Å². The van der Waals surface area contributed by atoms with Gasteiger partial charge in [-0.05, 0) is 55.9 Å². The number of hydrogen-bond donors (Lipinski definition) is 1. The van der Waals surface area contributed by atoms with Gasteiger partial charge < -0.3 is 10.2 Å². The molecule has 2 fully saturated rings. The van der Waals surface area contributed by atoms with Crippen LogP contribution in [0.4, 0.5) is 5.69 Å². The zero-order valence-corrected chi connectivity index (χ0v) is 15.4.